The van der Waals surface area contributed by atoms with Crippen LogP contribution in [0.15, 0.2) is 200 Å². The van der Waals surface area contributed by atoms with E-state index in [4.69, 9.17) is 64.7 Å². The Hall–Kier alpha value is -8.39. The van der Waals surface area contributed by atoms with Crippen molar-refractivity contribution < 1.29 is 0 Å². The summed E-state index contributed by atoms with van der Waals surface area (Å²) in [7, 11) is 0. The largest absolute Gasteiger partial charge is 0.223 e. The molecular formula is C62H33Cl3N6. The average Bonchev–Trinajstić information content (AvgIpc) is 3.42. The van der Waals surface area contributed by atoms with Crippen molar-refractivity contribution >= 4 is 121 Å². The minimum absolute atomic E-state index is 0.173. The van der Waals surface area contributed by atoms with Gasteiger partial charge in [0.1, 0.15) is 0 Å². The number of nitrogens with zero attached hydrogens (tertiary/aromatic N) is 6. The standard InChI is InChI=1S/C62H33Cl3N6/c63-60-66-54(43-11-7-10-40(31-43)42-24-20-37-27-29-50-55(67-61(64)70-58(50)52(37)33-42)44-25-18-34-8-1-2-9-39(34)30-44)49-28-26-36-19-23-41(32-51(36)57(49)69-60)35-16-21-38(22-17-35)56-53-47-14-5-3-12-45(47)46-13-4-6-15-48(46)59(53)71-62(65)68-56/h1-33H. The monoisotopic (exact) mass is 966 g/mol. The van der Waals surface area contributed by atoms with Gasteiger partial charge >= 0.3 is 0 Å². The highest BCUT2D eigenvalue weighted by Gasteiger charge is 2.19. The maximum absolute atomic E-state index is 6.84. The second-order valence-corrected chi connectivity index (χ2v) is 18.9. The molecule has 0 saturated heterocycles. The lowest BCUT2D eigenvalue weighted by Gasteiger charge is -2.14. The Morgan fingerprint density at radius 1 is 0.225 bits per heavy atom. The quantitative estimate of drug-likeness (QED) is 0.126. The molecule has 0 radical (unpaired) electrons. The van der Waals surface area contributed by atoms with Crippen LogP contribution in [0.25, 0.3) is 143 Å². The molecule has 0 saturated carbocycles. The fourth-order valence-electron chi connectivity index (χ4n) is 10.5. The number of hydrogen-bond acceptors (Lipinski definition) is 6. The fourth-order valence-corrected chi connectivity index (χ4v) is 11.0. The third-order valence-corrected chi connectivity index (χ3v) is 14.4. The first-order chi connectivity index (χ1) is 34.9. The van der Waals surface area contributed by atoms with E-state index in [9.17, 15) is 0 Å². The lowest BCUT2D eigenvalue weighted by Crippen LogP contribution is -1.94. The van der Waals surface area contributed by atoms with Gasteiger partial charge in [-0.25, -0.2) is 29.9 Å². The van der Waals surface area contributed by atoms with E-state index in [0.717, 1.165) is 137 Å². The Labute approximate surface area is 420 Å². The first kappa shape index (κ1) is 41.6. The average molecular weight is 968 g/mol. The minimum Gasteiger partial charge on any atom is -0.217 e. The van der Waals surface area contributed by atoms with E-state index in [0.29, 0.717) is 0 Å². The van der Waals surface area contributed by atoms with E-state index < -0.39 is 0 Å². The van der Waals surface area contributed by atoms with Crippen LogP contribution in [-0.4, -0.2) is 29.9 Å². The van der Waals surface area contributed by atoms with Gasteiger partial charge in [0.2, 0.25) is 15.9 Å². The van der Waals surface area contributed by atoms with Crippen molar-refractivity contribution in [3.05, 3.63) is 216 Å². The van der Waals surface area contributed by atoms with Crippen LogP contribution in [0.5, 0.6) is 0 Å². The van der Waals surface area contributed by atoms with Crippen LogP contribution in [0.1, 0.15) is 0 Å². The van der Waals surface area contributed by atoms with E-state index in [1.807, 2.05) is 18.2 Å². The van der Waals surface area contributed by atoms with Crippen LogP contribution in [0.2, 0.25) is 15.9 Å². The number of rotatable bonds is 5. The summed E-state index contributed by atoms with van der Waals surface area (Å²) >= 11 is 20.2. The molecule has 0 unspecified atom stereocenters. The van der Waals surface area contributed by atoms with Crippen molar-refractivity contribution in [1.29, 1.82) is 0 Å². The molecule has 332 valence electrons. The molecule has 0 aliphatic carbocycles. The van der Waals surface area contributed by atoms with Gasteiger partial charge in [-0.1, -0.05) is 164 Å². The van der Waals surface area contributed by atoms with Gasteiger partial charge in [-0.15, -0.1) is 0 Å². The van der Waals surface area contributed by atoms with Gasteiger partial charge in [-0.05, 0) is 131 Å². The zero-order chi connectivity index (χ0) is 47.3. The maximum Gasteiger partial charge on any atom is 0.223 e. The molecule has 11 aromatic carbocycles. The summed E-state index contributed by atoms with van der Waals surface area (Å²) < 4.78 is 0. The molecule has 0 bridgehead atoms. The molecule has 3 aromatic heterocycles. The highest BCUT2D eigenvalue weighted by Crippen LogP contribution is 2.42. The molecule has 0 atom stereocenters. The van der Waals surface area contributed by atoms with Gasteiger partial charge in [0, 0.05) is 49.0 Å². The highest BCUT2D eigenvalue weighted by atomic mass is 35.5. The normalized spacial score (nSPS) is 11.9. The summed E-state index contributed by atoms with van der Waals surface area (Å²) in [6.07, 6.45) is 0. The first-order valence-electron chi connectivity index (χ1n) is 23.2. The fraction of sp³-hybridized carbons (Fsp3) is 0. The molecule has 0 aliphatic heterocycles. The highest BCUT2D eigenvalue weighted by molar-refractivity contribution is 6.32. The summed E-state index contributed by atoms with van der Waals surface area (Å²) in [4.78, 5) is 28.9. The van der Waals surface area contributed by atoms with Crippen LogP contribution in [0, 0.1) is 0 Å². The number of fused-ring (bicyclic) bond motifs is 13. The second-order valence-electron chi connectivity index (χ2n) is 17.9. The number of hydrogen-bond donors (Lipinski definition) is 0. The number of benzene rings is 11. The van der Waals surface area contributed by atoms with Crippen molar-refractivity contribution in [2.75, 3.05) is 0 Å². The van der Waals surface area contributed by atoms with Gasteiger partial charge < -0.3 is 0 Å². The van der Waals surface area contributed by atoms with Gasteiger partial charge in [-0.2, -0.15) is 0 Å². The summed E-state index contributed by atoms with van der Waals surface area (Å²) in [5.41, 5.74) is 11.7. The second kappa shape index (κ2) is 16.4. The molecule has 3 heterocycles. The molecule has 0 spiro atoms. The van der Waals surface area contributed by atoms with Crippen LogP contribution in [0.3, 0.4) is 0 Å². The lowest BCUT2D eigenvalue weighted by molar-refractivity contribution is 1.23. The van der Waals surface area contributed by atoms with E-state index in [2.05, 4.69) is 182 Å². The molecular weight excluding hydrogens is 935 g/mol. The van der Waals surface area contributed by atoms with Crippen LogP contribution >= 0.6 is 34.8 Å². The van der Waals surface area contributed by atoms with Gasteiger partial charge in [0.25, 0.3) is 0 Å². The van der Waals surface area contributed by atoms with E-state index in [1.165, 1.54) is 5.39 Å². The van der Waals surface area contributed by atoms with Gasteiger partial charge in [-0.3, -0.25) is 0 Å². The van der Waals surface area contributed by atoms with Crippen molar-refractivity contribution in [2.24, 2.45) is 0 Å². The van der Waals surface area contributed by atoms with Crippen LogP contribution in [-0.2, 0) is 0 Å². The zero-order valence-corrected chi connectivity index (χ0v) is 39.6. The molecule has 6 nitrogen and oxygen atoms in total. The lowest BCUT2D eigenvalue weighted by atomic mass is 9.93. The SMILES string of the molecule is Clc1nc(-c2cccc(-c3ccc4ccc5c(-c6ccc7ccccc7c6)nc(Cl)nc5c4c3)c2)c2ccc3ccc(-c4ccc(-c5nc(Cl)nc6c7ccccc7c7ccccc7c56)cc4)cc3c2n1. The minimum atomic E-state index is 0.173. The maximum atomic E-state index is 6.84. The molecule has 0 N–H and O–H groups in total. The zero-order valence-electron chi connectivity index (χ0n) is 37.4. The summed E-state index contributed by atoms with van der Waals surface area (Å²) in [6, 6.07) is 69.7. The number of aromatic nitrogens is 6. The Balaban J connectivity index is 0.839. The topological polar surface area (TPSA) is 77.3 Å². The predicted molar refractivity (Wildman–Crippen MR) is 295 cm³/mol. The first-order valence-corrected chi connectivity index (χ1v) is 24.3. The van der Waals surface area contributed by atoms with Crippen molar-refractivity contribution in [1.82, 2.24) is 29.9 Å². The molecule has 71 heavy (non-hydrogen) atoms. The van der Waals surface area contributed by atoms with Crippen molar-refractivity contribution in [3.8, 4) is 56.0 Å². The van der Waals surface area contributed by atoms with Crippen LogP contribution in [0.4, 0.5) is 0 Å². The van der Waals surface area contributed by atoms with Gasteiger partial charge in [0.15, 0.2) is 0 Å². The predicted octanol–water partition coefficient (Wildman–Crippen LogP) is 17.6. The molecule has 9 heteroatoms. The Morgan fingerprint density at radius 2 is 0.662 bits per heavy atom. The van der Waals surface area contributed by atoms with E-state index >= 15 is 0 Å². The third-order valence-electron chi connectivity index (χ3n) is 13.8. The third kappa shape index (κ3) is 6.94. The Bertz CT molecular complexity index is 4580. The van der Waals surface area contributed by atoms with Crippen LogP contribution < -0.4 is 0 Å². The van der Waals surface area contributed by atoms with Gasteiger partial charge in [0.05, 0.1) is 33.6 Å². The molecule has 14 rings (SSSR count). The summed E-state index contributed by atoms with van der Waals surface area (Å²) in [5.74, 6) is 0. The molecule has 0 fully saturated rings. The van der Waals surface area contributed by atoms with E-state index in [-0.39, 0.29) is 15.9 Å². The van der Waals surface area contributed by atoms with Crippen molar-refractivity contribution in [3.63, 3.8) is 0 Å². The Kier molecular flexibility index (Phi) is 9.58. The van der Waals surface area contributed by atoms with E-state index in [1.54, 1.807) is 0 Å². The molecule has 14 aromatic rings. The number of halogens is 3. The summed E-state index contributed by atoms with van der Waals surface area (Å²) in [6.45, 7) is 0. The van der Waals surface area contributed by atoms with Crippen molar-refractivity contribution in [2.45, 2.75) is 0 Å². The molecule has 0 aliphatic rings. The Morgan fingerprint density at radius 3 is 1.32 bits per heavy atom. The summed E-state index contributed by atoms with van der Waals surface area (Å²) in [5, 5.41) is 14.2. The molecule has 0 amide bonds. The smallest absolute Gasteiger partial charge is 0.217 e.